The molecule has 0 aromatic carbocycles. The van der Waals surface area contributed by atoms with E-state index < -0.39 is 0 Å². The molecule has 0 saturated carbocycles. The Morgan fingerprint density at radius 1 is 0.833 bits per heavy atom. The van der Waals surface area contributed by atoms with E-state index in [9.17, 15) is 0 Å². The number of aliphatic hydroxyl groups excluding tert-OH is 1. The van der Waals surface area contributed by atoms with Crippen molar-refractivity contribution < 1.29 is 5.11 Å². The maximum atomic E-state index is 9.11. The third-order valence-electron chi connectivity index (χ3n) is 3.07. The number of unbranched alkanes of at least 4 members (excludes halogenated alkanes) is 6. The minimum absolute atomic E-state index is 0.121. The van der Waals surface area contributed by atoms with Crippen LogP contribution in [0.5, 0.6) is 0 Å². The van der Waals surface area contributed by atoms with Crippen molar-refractivity contribution in [3.8, 4) is 0 Å². The highest BCUT2D eigenvalue weighted by molar-refractivity contribution is 4.92. The SMILES string of the molecule is CCCCC=CCC=CCCCCCC[C@@H](C)O. The van der Waals surface area contributed by atoms with E-state index in [-0.39, 0.29) is 6.10 Å². The quantitative estimate of drug-likeness (QED) is 0.364. The lowest BCUT2D eigenvalue weighted by Gasteiger charge is -2.02. The van der Waals surface area contributed by atoms with Gasteiger partial charge in [0.2, 0.25) is 0 Å². The summed E-state index contributed by atoms with van der Waals surface area (Å²) >= 11 is 0. The molecule has 1 atom stereocenters. The maximum absolute atomic E-state index is 9.11. The zero-order valence-electron chi connectivity index (χ0n) is 12.4. The predicted octanol–water partition coefficient (Wildman–Crippen LogP) is 5.40. The normalized spacial score (nSPS) is 13.7. The van der Waals surface area contributed by atoms with Gasteiger partial charge in [-0.25, -0.2) is 0 Å². The summed E-state index contributed by atoms with van der Waals surface area (Å²) in [5.41, 5.74) is 0. The van der Waals surface area contributed by atoms with Gasteiger partial charge in [-0.05, 0) is 39.0 Å². The van der Waals surface area contributed by atoms with Crippen LogP contribution >= 0.6 is 0 Å². The summed E-state index contributed by atoms with van der Waals surface area (Å²) in [6, 6.07) is 0. The van der Waals surface area contributed by atoms with Crippen LogP contribution in [0.4, 0.5) is 0 Å². The van der Waals surface area contributed by atoms with Crippen molar-refractivity contribution in [2.75, 3.05) is 0 Å². The number of hydrogen-bond acceptors (Lipinski definition) is 1. The molecular weight excluding hydrogens is 220 g/mol. The second-order valence-corrected chi connectivity index (χ2v) is 5.16. The molecule has 0 aliphatic heterocycles. The van der Waals surface area contributed by atoms with E-state index in [0.717, 1.165) is 12.8 Å². The summed E-state index contributed by atoms with van der Waals surface area (Å²) in [6.07, 6.45) is 21.1. The first-order chi connectivity index (χ1) is 8.77. The number of aliphatic hydroxyl groups is 1. The van der Waals surface area contributed by atoms with Crippen LogP contribution < -0.4 is 0 Å². The second kappa shape index (κ2) is 14.5. The molecule has 0 aromatic rings. The van der Waals surface area contributed by atoms with E-state index in [0.29, 0.717) is 0 Å². The van der Waals surface area contributed by atoms with E-state index in [1.54, 1.807) is 0 Å². The Morgan fingerprint density at radius 3 is 2.06 bits per heavy atom. The van der Waals surface area contributed by atoms with Crippen LogP contribution in [0, 0.1) is 0 Å². The molecule has 0 bridgehead atoms. The number of allylic oxidation sites excluding steroid dienone is 4. The van der Waals surface area contributed by atoms with Gasteiger partial charge >= 0.3 is 0 Å². The summed E-state index contributed by atoms with van der Waals surface area (Å²) in [5, 5.41) is 9.11. The van der Waals surface area contributed by atoms with Crippen molar-refractivity contribution in [3.05, 3.63) is 24.3 Å². The highest BCUT2D eigenvalue weighted by Gasteiger charge is 1.94. The van der Waals surface area contributed by atoms with Gasteiger partial charge in [-0.1, -0.05) is 63.3 Å². The Bertz CT molecular complexity index is 204. The Hall–Kier alpha value is -0.560. The molecule has 0 aromatic heterocycles. The van der Waals surface area contributed by atoms with Gasteiger partial charge in [0.25, 0.3) is 0 Å². The first-order valence-corrected chi connectivity index (χ1v) is 7.75. The van der Waals surface area contributed by atoms with Crippen molar-refractivity contribution >= 4 is 0 Å². The van der Waals surface area contributed by atoms with Crippen LogP contribution in [0.1, 0.15) is 78.1 Å². The standard InChI is InChI=1S/C17H32O/c1-3-4-5-6-7-8-9-10-11-12-13-14-15-16-17(2)18/h6-7,9-10,17-18H,3-5,8,11-16H2,1-2H3/t17-/m1/s1. The van der Waals surface area contributed by atoms with E-state index >= 15 is 0 Å². The highest BCUT2D eigenvalue weighted by atomic mass is 16.3. The Balaban J connectivity index is 3.16. The van der Waals surface area contributed by atoms with Crippen molar-refractivity contribution in [2.45, 2.75) is 84.2 Å². The molecule has 0 fully saturated rings. The molecule has 0 spiro atoms. The molecule has 0 aliphatic carbocycles. The topological polar surface area (TPSA) is 20.2 Å². The smallest absolute Gasteiger partial charge is 0.0512 e. The fourth-order valence-electron chi connectivity index (χ4n) is 1.88. The molecule has 0 unspecified atom stereocenters. The molecule has 0 amide bonds. The van der Waals surface area contributed by atoms with E-state index in [1.807, 2.05) is 6.92 Å². The molecule has 0 heterocycles. The number of rotatable bonds is 12. The van der Waals surface area contributed by atoms with Gasteiger partial charge in [-0.2, -0.15) is 0 Å². The van der Waals surface area contributed by atoms with E-state index in [4.69, 9.17) is 5.11 Å². The fraction of sp³-hybridized carbons (Fsp3) is 0.765. The van der Waals surface area contributed by atoms with Gasteiger partial charge in [0.05, 0.1) is 6.10 Å². The van der Waals surface area contributed by atoms with Gasteiger partial charge in [-0.3, -0.25) is 0 Å². The van der Waals surface area contributed by atoms with Crippen molar-refractivity contribution in [2.24, 2.45) is 0 Å². The molecule has 0 saturated heterocycles. The monoisotopic (exact) mass is 252 g/mol. The highest BCUT2D eigenvalue weighted by Crippen LogP contribution is 2.07. The van der Waals surface area contributed by atoms with E-state index in [1.165, 1.54) is 51.4 Å². The molecule has 0 radical (unpaired) electrons. The van der Waals surface area contributed by atoms with Crippen LogP contribution in [-0.2, 0) is 0 Å². The van der Waals surface area contributed by atoms with Gasteiger partial charge in [0.1, 0.15) is 0 Å². The zero-order valence-corrected chi connectivity index (χ0v) is 12.4. The summed E-state index contributed by atoms with van der Waals surface area (Å²) in [6.45, 7) is 4.10. The third kappa shape index (κ3) is 15.4. The van der Waals surface area contributed by atoms with E-state index in [2.05, 4.69) is 31.2 Å². The summed E-state index contributed by atoms with van der Waals surface area (Å²) < 4.78 is 0. The van der Waals surface area contributed by atoms with Gasteiger partial charge in [0, 0.05) is 0 Å². The molecule has 18 heavy (non-hydrogen) atoms. The summed E-state index contributed by atoms with van der Waals surface area (Å²) in [4.78, 5) is 0. The second-order valence-electron chi connectivity index (χ2n) is 5.16. The van der Waals surface area contributed by atoms with Gasteiger partial charge in [0.15, 0.2) is 0 Å². The molecular formula is C17H32O. The van der Waals surface area contributed by atoms with Crippen LogP contribution in [0.25, 0.3) is 0 Å². The largest absolute Gasteiger partial charge is 0.393 e. The lowest BCUT2D eigenvalue weighted by Crippen LogP contribution is -1.97. The Kier molecular flexibility index (Phi) is 14.0. The summed E-state index contributed by atoms with van der Waals surface area (Å²) in [7, 11) is 0. The maximum Gasteiger partial charge on any atom is 0.0512 e. The number of hydrogen-bond donors (Lipinski definition) is 1. The summed E-state index contributed by atoms with van der Waals surface area (Å²) in [5.74, 6) is 0. The van der Waals surface area contributed by atoms with Crippen LogP contribution in [0.15, 0.2) is 24.3 Å². The molecule has 0 aliphatic rings. The minimum atomic E-state index is -0.121. The molecule has 0 rings (SSSR count). The Labute approximate surface area is 114 Å². The average Bonchev–Trinajstić information content (AvgIpc) is 2.34. The van der Waals surface area contributed by atoms with Crippen LogP contribution in [0.3, 0.4) is 0 Å². The van der Waals surface area contributed by atoms with Crippen molar-refractivity contribution in [3.63, 3.8) is 0 Å². The minimum Gasteiger partial charge on any atom is -0.393 e. The van der Waals surface area contributed by atoms with Crippen molar-refractivity contribution in [1.82, 2.24) is 0 Å². The first-order valence-electron chi connectivity index (χ1n) is 7.75. The molecule has 1 heteroatoms. The lowest BCUT2D eigenvalue weighted by atomic mass is 10.1. The van der Waals surface area contributed by atoms with Crippen molar-refractivity contribution in [1.29, 1.82) is 0 Å². The Morgan fingerprint density at radius 2 is 1.44 bits per heavy atom. The van der Waals surface area contributed by atoms with Gasteiger partial charge in [-0.15, -0.1) is 0 Å². The fourth-order valence-corrected chi connectivity index (χ4v) is 1.88. The zero-order chi connectivity index (χ0) is 13.5. The molecule has 1 nitrogen and oxygen atoms in total. The molecule has 106 valence electrons. The van der Waals surface area contributed by atoms with Crippen LogP contribution in [-0.4, -0.2) is 11.2 Å². The van der Waals surface area contributed by atoms with Gasteiger partial charge < -0.3 is 5.11 Å². The molecule has 1 N–H and O–H groups in total. The average molecular weight is 252 g/mol. The van der Waals surface area contributed by atoms with Crippen LogP contribution in [0.2, 0.25) is 0 Å². The predicted molar refractivity (Wildman–Crippen MR) is 81.8 cm³/mol. The lowest BCUT2D eigenvalue weighted by molar-refractivity contribution is 0.180. The first kappa shape index (κ1) is 17.4. The third-order valence-corrected chi connectivity index (χ3v) is 3.07.